The average molecular weight is 256 g/mol. The van der Waals surface area contributed by atoms with E-state index in [4.69, 9.17) is 15.7 Å². The van der Waals surface area contributed by atoms with Gasteiger partial charge in [0.25, 0.3) is 0 Å². The summed E-state index contributed by atoms with van der Waals surface area (Å²) in [6, 6.07) is 0.358. The van der Waals surface area contributed by atoms with Gasteiger partial charge in [-0.3, -0.25) is 5.43 Å². The predicted molar refractivity (Wildman–Crippen MR) is 68.2 cm³/mol. The Balaban J connectivity index is 2.71. The van der Waals surface area contributed by atoms with Gasteiger partial charge < -0.3 is 15.2 Å². The number of aliphatic hydroxyl groups excluding tert-OH is 1. The minimum absolute atomic E-state index is 0.139. The molecule has 102 valence electrons. The van der Waals surface area contributed by atoms with Crippen molar-refractivity contribution in [2.75, 3.05) is 24.0 Å². The van der Waals surface area contributed by atoms with Crippen LogP contribution in [0.3, 0.4) is 0 Å². The van der Waals surface area contributed by atoms with Gasteiger partial charge in [0.1, 0.15) is 0 Å². The molecule has 18 heavy (non-hydrogen) atoms. The van der Waals surface area contributed by atoms with Crippen LogP contribution in [0.15, 0.2) is 0 Å². The highest BCUT2D eigenvalue weighted by molar-refractivity contribution is 5.35. The highest BCUT2D eigenvalue weighted by Gasteiger charge is 2.09. The minimum atomic E-state index is 0.139. The van der Waals surface area contributed by atoms with Crippen molar-refractivity contribution in [2.24, 2.45) is 5.84 Å². The molecule has 1 heterocycles. The zero-order valence-corrected chi connectivity index (χ0v) is 10.7. The van der Waals surface area contributed by atoms with Gasteiger partial charge in [-0.15, -0.1) is 0 Å². The van der Waals surface area contributed by atoms with Gasteiger partial charge in [0.2, 0.25) is 11.9 Å². The maximum absolute atomic E-state index is 8.76. The van der Waals surface area contributed by atoms with E-state index >= 15 is 0 Å². The Labute approximate surface area is 106 Å². The standard InChI is InChI=1S/C10H20N6O2/c1-3-18-10-14-8(13-9(15-10)16-11)12-7(2)5-4-6-17/h7,17H,3-6,11H2,1-2H3,(H2,12,13,14,15,16). The highest BCUT2D eigenvalue weighted by atomic mass is 16.5. The van der Waals surface area contributed by atoms with Crippen molar-refractivity contribution in [1.29, 1.82) is 0 Å². The van der Waals surface area contributed by atoms with Crippen LogP contribution >= 0.6 is 0 Å². The van der Waals surface area contributed by atoms with Gasteiger partial charge in [-0.05, 0) is 26.7 Å². The molecule has 0 amide bonds. The van der Waals surface area contributed by atoms with Crippen LogP contribution in [0.5, 0.6) is 6.01 Å². The third-order valence-electron chi connectivity index (χ3n) is 2.19. The zero-order valence-electron chi connectivity index (χ0n) is 10.7. The van der Waals surface area contributed by atoms with E-state index in [-0.39, 0.29) is 24.6 Å². The summed E-state index contributed by atoms with van der Waals surface area (Å²) in [6.45, 7) is 4.46. The second-order valence-corrected chi connectivity index (χ2v) is 3.75. The topological polar surface area (TPSA) is 118 Å². The molecule has 0 radical (unpaired) electrons. The fourth-order valence-electron chi connectivity index (χ4n) is 1.37. The number of ether oxygens (including phenoxy) is 1. The molecule has 8 heteroatoms. The van der Waals surface area contributed by atoms with E-state index in [0.717, 1.165) is 12.8 Å². The number of hydrogen-bond acceptors (Lipinski definition) is 8. The van der Waals surface area contributed by atoms with E-state index in [1.807, 2.05) is 13.8 Å². The minimum Gasteiger partial charge on any atom is -0.464 e. The first-order valence-electron chi connectivity index (χ1n) is 5.92. The first-order valence-corrected chi connectivity index (χ1v) is 5.92. The first kappa shape index (κ1) is 14.4. The van der Waals surface area contributed by atoms with E-state index in [9.17, 15) is 0 Å². The van der Waals surface area contributed by atoms with E-state index < -0.39 is 0 Å². The number of anilines is 2. The lowest BCUT2D eigenvalue weighted by atomic mass is 10.2. The Morgan fingerprint density at radius 1 is 1.33 bits per heavy atom. The lowest BCUT2D eigenvalue weighted by Crippen LogP contribution is -2.20. The fourth-order valence-corrected chi connectivity index (χ4v) is 1.37. The Kier molecular flexibility index (Phi) is 6.09. The normalized spacial score (nSPS) is 12.0. The second kappa shape index (κ2) is 7.62. The van der Waals surface area contributed by atoms with Crippen LogP contribution in [0.25, 0.3) is 0 Å². The molecular formula is C10H20N6O2. The van der Waals surface area contributed by atoms with Crippen LogP contribution in [0.4, 0.5) is 11.9 Å². The predicted octanol–water partition coefficient (Wildman–Crippen LogP) is 0.129. The molecule has 0 spiro atoms. The molecule has 1 aromatic heterocycles. The van der Waals surface area contributed by atoms with Gasteiger partial charge in [0, 0.05) is 12.6 Å². The summed E-state index contributed by atoms with van der Waals surface area (Å²) >= 11 is 0. The van der Waals surface area contributed by atoms with Gasteiger partial charge >= 0.3 is 6.01 Å². The summed E-state index contributed by atoms with van der Waals surface area (Å²) in [5.74, 6) is 5.91. The van der Waals surface area contributed by atoms with Gasteiger partial charge in [-0.25, -0.2) is 5.84 Å². The molecule has 8 nitrogen and oxygen atoms in total. The number of nitrogens with one attached hydrogen (secondary N) is 2. The van der Waals surface area contributed by atoms with Crippen molar-refractivity contribution in [1.82, 2.24) is 15.0 Å². The van der Waals surface area contributed by atoms with E-state index in [1.54, 1.807) is 0 Å². The smallest absolute Gasteiger partial charge is 0.323 e. The van der Waals surface area contributed by atoms with Gasteiger partial charge in [-0.2, -0.15) is 15.0 Å². The van der Waals surface area contributed by atoms with E-state index in [1.165, 1.54) is 0 Å². The number of nitrogens with two attached hydrogens (primary N) is 1. The Bertz CT molecular complexity index is 362. The molecule has 0 aliphatic carbocycles. The van der Waals surface area contributed by atoms with Crippen LogP contribution in [-0.2, 0) is 0 Å². The van der Waals surface area contributed by atoms with E-state index in [2.05, 4.69) is 25.7 Å². The Morgan fingerprint density at radius 2 is 2.06 bits per heavy atom. The summed E-state index contributed by atoms with van der Waals surface area (Å²) in [4.78, 5) is 12.1. The van der Waals surface area contributed by atoms with Crippen LogP contribution in [0.1, 0.15) is 26.7 Å². The largest absolute Gasteiger partial charge is 0.464 e. The molecular weight excluding hydrogens is 236 g/mol. The molecule has 1 unspecified atom stereocenters. The average Bonchev–Trinajstić information content (AvgIpc) is 2.36. The summed E-state index contributed by atoms with van der Waals surface area (Å²) in [5.41, 5.74) is 2.36. The second-order valence-electron chi connectivity index (χ2n) is 3.75. The molecule has 0 saturated carbocycles. The van der Waals surface area contributed by atoms with Gasteiger partial charge in [-0.1, -0.05) is 0 Å². The van der Waals surface area contributed by atoms with Crippen LogP contribution < -0.4 is 21.3 Å². The number of hydrogen-bond donors (Lipinski definition) is 4. The SMILES string of the molecule is CCOc1nc(NN)nc(NC(C)CCCO)n1. The van der Waals surface area contributed by atoms with Crippen molar-refractivity contribution < 1.29 is 9.84 Å². The lowest BCUT2D eigenvalue weighted by Gasteiger charge is -2.14. The summed E-state index contributed by atoms with van der Waals surface area (Å²) in [6.07, 6.45) is 1.54. The Hall–Kier alpha value is -1.67. The highest BCUT2D eigenvalue weighted by Crippen LogP contribution is 2.12. The van der Waals surface area contributed by atoms with Crippen molar-refractivity contribution in [2.45, 2.75) is 32.7 Å². The molecule has 0 aliphatic rings. The lowest BCUT2D eigenvalue weighted by molar-refractivity contribution is 0.282. The number of hydrazine groups is 1. The quantitative estimate of drug-likeness (QED) is 0.383. The maximum atomic E-state index is 8.76. The molecule has 0 aromatic carbocycles. The van der Waals surface area contributed by atoms with Crippen LogP contribution in [0, 0.1) is 0 Å². The monoisotopic (exact) mass is 256 g/mol. The molecule has 5 N–H and O–H groups in total. The number of rotatable bonds is 8. The maximum Gasteiger partial charge on any atom is 0.323 e. The van der Waals surface area contributed by atoms with Crippen molar-refractivity contribution >= 4 is 11.9 Å². The third-order valence-corrected chi connectivity index (χ3v) is 2.19. The van der Waals surface area contributed by atoms with Gasteiger partial charge in [0.15, 0.2) is 0 Å². The Morgan fingerprint density at radius 3 is 2.67 bits per heavy atom. The zero-order chi connectivity index (χ0) is 13.4. The van der Waals surface area contributed by atoms with Crippen LogP contribution in [0.2, 0.25) is 0 Å². The number of nitrogens with zero attached hydrogens (tertiary/aromatic N) is 3. The molecule has 0 fully saturated rings. The van der Waals surface area contributed by atoms with Crippen molar-refractivity contribution in [3.63, 3.8) is 0 Å². The number of aliphatic hydroxyl groups is 1. The van der Waals surface area contributed by atoms with Crippen molar-refractivity contribution in [3.05, 3.63) is 0 Å². The molecule has 1 rings (SSSR count). The molecule has 0 aliphatic heterocycles. The van der Waals surface area contributed by atoms with Crippen LogP contribution in [-0.4, -0.2) is 39.3 Å². The summed E-state index contributed by atoms with van der Waals surface area (Å²) < 4.78 is 5.21. The molecule has 0 saturated heterocycles. The summed E-state index contributed by atoms with van der Waals surface area (Å²) in [7, 11) is 0. The third kappa shape index (κ3) is 4.68. The molecule has 0 bridgehead atoms. The summed E-state index contributed by atoms with van der Waals surface area (Å²) in [5, 5.41) is 11.9. The first-order chi connectivity index (χ1) is 8.69. The van der Waals surface area contributed by atoms with Gasteiger partial charge in [0.05, 0.1) is 6.61 Å². The molecule has 1 aromatic rings. The number of aromatic nitrogens is 3. The van der Waals surface area contributed by atoms with E-state index in [0.29, 0.717) is 12.6 Å². The van der Waals surface area contributed by atoms with Crippen molar-refractivity contribution in [3.8, 4) is 6.01 Å². The molecule has 1 atom stereocenters. The number of nitrogen functional groups attached to an aromatic ring is 1. The fraction of sp³-hybridized carbons (Fsp3) is 0.700.